The van der Waals surface area contributed by atoms with Crippen molar-refractivity contribution in [2.24, 2.45) is 0 Å². The monoisotopic (exact) mass is 261 g/mol. The molecule has 0 saturated heterocycles. The van der Waals surface area contributed by atoms with Crippen LogP contribution in [0.15, 0.2) is 30.9 Å². The molecule has 0 amide bonds. The molecular weight excluding hydrogens is 234 g/mol. The van der Waals surface area contributed by atoms with Crippen molar-refractivity contribution >= 4 is 0 Å². The zero-order valence-electron chi connectivity index (χ0n) is 12.5. The van der Waals surface area contributed by atoms with Crippen molar-refractivity contribution in [2.45, 2.75) is 39.5 Å². The van der Waals surface area contributed by atoms with Gasteiger partial charge in [0.2, 0.25) is 0 Å². The lowest BCUT2D eigenvalue weighted by molar-refractivity contribution is 0.304. The predicted octanol–water partition coefficient (Wildman–Crippen LogP) is 4.05. The van der Waals surface area contributed by atoms with Gasteiger partial charge < -0.3 is 10.1 Å². The third-order valence-electron chi connectivity index (χ3n) is 3.17. The van der Waals surface area contributed by atoms with Crippen molar-refractivity contribution in [1.82, 2.24) is 5.32 Å². The minimum Gasteiger partial charge on any atom is -0.493 e. The smallest absolute Gasteiger partial charge is 0.122 e. The Kier molecular flexibility index (Phi) is 7.27. The highest BCUT2D eigenvalue weighted by atomic mass is 16.5. The summed E-state index contributed by atoms with van der Waals surface area (Å²) in [5.41, 5.74) is 2.56. The van der Waals surface area contributed by atoms with E-state index < -0.39 is 0 Å². The van der Waals surface area contributed by atoms with Gasteiger partial charge in [-0.05, 0) is 49.4 Å². The van der Waals surface area contributed by atoms with Gasteiger partial charge in [-0.25, -0.2) is 0 Å². The van der Waals surface area contributed by atoms with Crippen LogP contribution < -0.4 is 10.1 Å². The number of hydrogen-bond donors (Lipinski definition) is 1. The zero-order valence-corrected chi connectivity index (χ0v) is 12.5. The lowest BCUT2D eigenvalue weighted by Gasteiger charge is -2.12. The van der Waals surface area contributed by atoms with Gasteiger partial charge in [-0.15, -0.1) is 6.58 Å². The molecule has 0 aliphatic rings. The van der Waals surface area contributed by atoms with Crippen LogP contribution in [0.5, 0.6) is 5.75 Å². The third kappa shape index (κ3) is 5.93. The maximum absolute atomic E-state index is 5.89. The number of unbranched alkanes of at least 4 members (excludes halogenated alkanes) is 1. The van der Waals surface area contributed by atoms with Crippen LogP contribution in [0.4, 0.5) is 0 Å². The first-order chi connectivity index (χ1) is 9.15. The second-order valence-corrected chi connectivity index (χ2v) is 5.23. The molecular formula is C17H27NO. The number of hydrogen-bond acceptors (Lipinski definition) is 2. The number of benzene rings is 1. The molecule has 0 aliphatic carbocycles. The normalized spacial score (nSPS) is 10.7. The Morgan fingerprint density at radius 1 is 1.32 bits per heavy atom. The first-order valence-corrected chi connectivity index (χ1v) is 7.20. The Labute approximate surface area is 117 Å². The maximum Gasteiger partial charge on any atom is 0.122 e. The summed E-state index contributed by atoms with van der Waals surface area (Å²) < 4.78 is 5.89. The van der Waals surface area contributed by atoms with Gasteiger partial charge >= 0.3 is 0 Å². The molecule has 0 fully saturated rings. The minimum atomic E-state index is 0.547. The summed E-state index contributed by atoms with van der Waals surface area (Å²) in [5.74, 6) is 1.58. The molecule has 0 bridgehead atoms. The highest BCUT2D eigenvalue weighted by Crippen LogP contribution is 2.24. The van der Waals surface area contributed by atoms with E-state index in [1.54, 1.807) is 0 Å². The summed E-state index contributed by atoms with van der Waals surface area (Å²) in [4.78, 5) is 0. The van der Waals surface area contributed by atoms with Crippen LogP contribution in [0.25, 0.3) is 0 Å². The second-order valence-electron chi connectivity index (χ2n) is 5.23. The average molecular weight is 261 g/mol. The number of aryl methyl sites for hydroxylation is 1. The van der Waals surface area contributed by atoms with Gasteiger partial charge in [0.1, 0.15) is 5.75 Å². The van der Waals surface area contributed by atoms with E-state index in [4.69, 9.17) is 4.74 Å². The Morgan fingerprint density at radius 3 is 2.79 bits per heavy atom. The summed E-state index contributed by atoms with van der Waals surface area (Å²) in [6.07, 6.45) is 4.10. The van der Waals surface area contributed by atoms with E-state index in [9.17, 15) is 0 Å². The Hall–Kier alpha value is -1.28. The molecule has 106 valence electrons. The molecule has 19 heavy (non-hydrogen) atoms. The fraction of sp³-hybridized carbons (Fsp3) is 0.529. The summed E-state index contributed by atoms with van der Waals surface area (Å²) in [5, 5.41) is 3.30. The molecule has 2 nitrogen and oxygen atoms in total. The van der Waals surface area contributed by atoms with Crippen LogP contribution in [-0.2, 0) is 0 Å². The molecule has 1 N–H and O–H groups in total. The molecule has 0 unspecified atom stereocenters. The van der Waals surface area contributed by atoms with Gasteiger partial charge in [0.25, 0.3) is 0 Å². The molecule has 0 heterocycles. The van der Waals surface area contributed by atoms with Crippen molar-refractivity contribution in [3.63, 3.8) is 0 Å². The second kappa shape index (κ2) is 8.76. The fourth-order valence-electron chi connectivity index (χ4n) is 1.87. The van der Waals surface area contributed by atoms with Crippen molar-refractivity contribution < 1.29 is 4.74 Å². The molecule has 0 saturated carbocycles. The first kappa shape index (κ1) is 15.8. The Bertz CT molecular complexity index is 385. The summed E-state index contributed by atoms with van der Waals surface area (Å²) in [7, 11) is 0. The quantitative estimate of drug-likeness (QED) is 0.535. The predicted molar refractivity (Wildman–Crippen MR) is 83.1 cm³/mol. The molecule has 1 aromatic carbocycles. The number of rotatable bonds is 9. The summed E-state index contributed by atoms with van der Waals surface area (Å²) in [6.45, 7) is 12.9. The maximum atomic E-state index is 5.89. The van der Waals surface area contributed by atoms with Gasteiger partial charge in [-0.1, -0.05) is 32.1 Å². The number of nitrogens with one attached hydrogen (secondary N) is 1. The molecule has 1 aromatic rings. The first-order valence-electron chi connectivity index (χ1n) is 7.20. The van der Waals surface area contributed by atoms with Crippen molar-refractivity contribution in [3.8, 4) is 5.75 Å². The average Bonchev–Trinajstić information content (AvgIpc) is 2.39. The van der Waals surface area contributed by atoms with E-state index in [0.717, 1.165) is 38.3 Å². The third-order valence-corrected chi connectivity index (χ3v) is 3.17. The van der Waals surface area contributed by atoms with Crippen LogP contribution in [0.3, 0.4) is 0 Å². The molecule has 1 rings (SSSR count). The topological polar surface area (TPSA) is 21.3 Å². The van der Waals surface area contributed by atoms with Gasteiger partial charge in [0.05, 0.1) is 6.61 Å². The van der Waals surface area contributed by atoms with Gasteiger partial charge in [-0.2, -0.15) is 0 Å². The Balaban J connectivity index is 2.32. The van der Waals surface area contributed by atoms with E-state index in [0.29, 0.717) is 5.92 Å². The number of ether oxygens (including phenoxy) is 1. The Morgan fingerprint density at radius 2 is 2.11 bits per heavy atom. The van der Waals surface area contributed by atoms with E-state index in [1.807, 2.05) is 6.08 Å². The minimum absolute atomic E-state index is 0.547. The lowest BCUT2D eigenvalue weighted by atomic mass is 10.0. The van der Waals surface area contributed by atoms with Gasteiger partial charge in [0.15, 0.2) is 0 Å². The van der Waals surface area contributed by atoms with Crippen molar-refractivity contribution in [1.29, 1.82) is 0 Å². The molecule has 0 aromatic heterocycles. The highest BCUT2D eigenvalue weighted by Gasteiger charge is 2.04. The molecule has 0 radical (unpaired) electrons. The fourth-order valence-corrected chi connectivity index (χ4v) is 1.87. The summed E-state index contributed by atoms with van der Waals surface area (Å²) >= 11 is 0. The van der Waals surface area contributed by atoms with Gasteiger partial charge in [-0.3, -0.25) is 0 Å². The van der Waals surface area contributed by atoms with E-state index in [2.05, 4.69) is 50.9 Å². The molecule has 0 aliphatic heterocycles. The standard InChI is InChI=1S/C17H27NO/c1-5-10-18-11-6-7-12-19-17-13-16(14(2)3)9-8-15(17)4/h5,8-9,13-14,18H,1,6-7,10-12H2,2-4H3. The van der Waals surface area contributed by atoms with Crippen LogP contribution in [0.1, 0.15) is 43.7 Å². The van der Waals surface area contributed by atoms with E-state index >= 15 is 0 Å². The lowest BCUT2D eigenvalue weighted by Crippen LogP contribution is -2.15. The van der Waals surface area contributed by atoms with Crippen LogP contribution in [0, 0.1) is 6.92 Å². The molecule has 2 heteroatoms. The highest BCUT2D eigenvalue weighted by molar-refractivity contribution is 5.37. The SMILES string of the molecule is C=CCNCCCCOc1cc(C(C)C)ccc1C. The van der Waals surface area contributed by atoms with Crippen LogP contribution in [0.2, 0.25) is 0 Å². The largest absolute Gasteiger partial charge is 0.493 e. The van der Waals surface area contributed by atoms with Crippen LogP contribution in [-0.4, -0.2) is 19.7 Å². The van der Waals surface area contributed by atoms with Crippen molar-refractivity contribution in [2.75, 3.05) is 19.7 Å². The molecule has 0 spiro atoms. The zero-order chi connectivity index (χ0) is 14.1. The van der Waals surface area contributed by atoms with E-state index in [-0.39, 0.29) is 0 Å². The van der Waals surface area contributed by atoms with Crippen molar-refractivity contribution in [3.05, 3.63) is 42.0 Å². The summed E-state index contributed by atoms with van der Waals surface area (Å²) in [6, 6.07) is 6.51. The molecule has 0 atom stereocenters. The van der Waals surface area contributed by atoms with Gasteiger partial charge in [0, 0.05) is 6.54 Å². The van der Waals surface area contributed by atoms with Crippen LogP contribution >= 0.6 is 0 Å². The van der Waals surface area contributed by atoms with E-state index in [1.165, 1.54) is 11.1 Å².